The van der Waals surface area contributed by atoms with Crippen molar-refractivity contribution in [3.05, 3.63) is 34.1 Å². The molecule has 1 aromatic carbocycles. The summed E-state index contributed by atoms with van der Waals surface area (Å²) in [6, 6.07) is 5.22. The van der Waals surface area contributed by atoms with Crippen LogP contribution >= 0.6 is 15.9 Å². The van der Waals surface area contributed by atoms with Gasteiger partial charge < -0.3 is 10.5 Å². The molecule has 0 spiro atoms. The normalized spacial score (nSPS) is 14.8. The van der Waals surface area contributed by atoms with Crippen LogP contribution in [-0.2, 0) is 10.3 Å². The van der Waals surface area contributed by atoms with Gasteiger partial charge in [0, 0.05) is 10.0 Å². The molecule has 7 heteroatoms. The van der Waals surface area contributed by atoms with E-state index in [2.05, 4.69) is 20.7 Å². The Kier molecular flexibility index (Phi) is 4.96. The van der Waals surface area contributed by atoms with Gasteiger partial charge in [0.2, 0.25) is 0 Å². The molecule has 0 aliphatic carbocycles. The zero-order valence-corrected chi connectivity index (χ0v) is 11.7. The molecule has 0 bridgehead atoms. The Labute approximate surface area is 117 Å². The van der Waals surface area contributed by atoms with Crippen LogP contribution in [0.4, 0.5) is 13.2 Å². The largest absolute Gasteiger partial charge is 0.360 e. The fraction of sp³-hybridized carbons (Fsp3) is 0.417. The summed E-state index contributed by atoms with van der Waals surface area (Å²) in [5, 5.41) is 8.25. The molecule has 3 nitrogen and oxygen atoms in total. The average molecular weight is 337 g/mol. The zero-order valence-electron chi connectivity index (χ0n) is 10.1. The van der Waals surface area contributed by atoms with Crippen LogP contribution in [0.25, 0.3) is 0 Å². The molecule has 0 heterocycles. The highest BCUT2D eigenvalue weighted by Gasteiger charge is 2.50. The van der Waals surface area contributed by atoms with Gasteiger partial charge in [0.1, 0.15) is 24.6 Å². The molecule has 0 saturated carbocycles. The van der Waals surface area contributed by atoms with Gasteiger partial charge in [-0.1, -0.05) is 15.9 Å². The first-order valence-electron chi connectivity index (χ1n) is 5.29. The van der Waals surface area contributed by atoms with E-state index < -0.39 is 30.5 Å². The van der Waals surface area contributed by atoms with Crippen LogP contribution in [0.1, 0.15) is 12.5 Å². The molecule has 19 heavy (non-hydrogen) atoms. The third-order valence-corrected chi connectivity index (χ3v) is 3.19. The van der Waals surface area contributed by atoms with Gasteiger partial charge in [-0.3, -0.25) is 0 Å². The van der Waals surface area contributed by atoms with Gasteiger partial charge in [-0.25, -0.2) is 13.2 Å². The number of benzene rings is 1. The minimum Gasteiger partial charge on any atom is -0.360 e. The van der Waals surface area contributed by atoms with E-state index in [1.165, 1.54) is 12.1 Å². The number of ether oxygens (including phenoxy) is 1. The molecule has 1 aromatic rings. The average Bonchev–Trinajstić information content (AvgIpc) is 2.32. The number of nitriles is 1. The van der Waals surface area contributed by atoms with E-state index in [1.54, 1.807) is 6.07 Å². The highest BCUT2D eigenvalue weighted by Crippen LogP contribution is 2.37. The predicted molar refractivity (Wildman–Crippen MR) is 67.0 cm³/mol. The SMILES string of the molecule is C[C@@](N)(c1cc(Br)ccc1F)C(F)(F)COCC#N. The van der Waals surface area contributed by atoms with Crippen LogP contribution in [0.15, 0.2) is 22.7 Å². The molecule has 1 rings (SSSR count). The van der Waals surface area contributed by atoms with Gasteiger partial charge >= 0.3 is 0 Å². The summed E-state index contributed by atoms with van der Waals surface area (Å²) in [6.07, 6.45) is 0. The van der Waals surface area contributed by atoms with E-state index in [1.807, 2.05) is 0 Å². The number of nitrogens with two attached hydrogens (primary N) is 1. The Morgan fingerprint density at radius 3 is 2.68 bits per heavy atom. The summed E-state index contributed by atoms with van der Waals surface area (Å²) in [5.74, 6) is -4.35. The van der Waals surface area contributed by atoms with Gasteiger partial charge in [0.05, 0.1) is 6.07 Å². The number of alkyl halides is 2. The van der Waals surface area contributed by atoms with Gasteiger partial charge in [-0.2, -0.15) is 5.26 Å². The summed E-state index contributed by atoms with van der Waals surface area (Å²) in [5.41, 5.74) is 3.01. The van der Waals surface area contributed by atoms with Gasteiger partial charge in [0.25, 0.3) is 5.92 Å². The minimum atomic E-state index is -3.52. The number of nitrogens with zero attached hydrogens (tertiary/aromatic N) is 1. The molecular weight excluding hydrogens is 325 g/mol. The number of rotatable bonds is 5. The second-order valence-electron chi connectivity index (χ2n) is 4.18. The quantitative estimate of drug-likeness (QED) is 0.841. The molecule has 0 aliphatic rings. The van der Waals surface area contributed by atoms with E-state index >= 15 is 0 Å². The zero-order chi connectivity index (χ0) is 14.7. The summed E-state index contributed by atoms with van der Waals surface area (Å²) >= 11 is 3.08. The second-order valence-corrected chi connectivity index (χ2v) is 5.10. The third-order valence-electron chi connectivity index (χ3n) is 2.70. The van der Waals surface area contributed by atoms with Crippen LogP contribution in [0.2, 0.25) is 0 Å². The first-order valence-corrected chi connectivity index (χ1v) is 6.08. The monoisotopic (exact) mass is 336 g/mol. The highest BCUT2D eigenvalue weighted by molar-refractivity contribution is 9.10. The molecule has 0 radical (unpaired) electrons. The van der Waals surface area contributed by atoms with E-state index in [0.717, 1.165) is 13.0 Å². The standard InChI is InChI=1S/C12H12BrF3N2O/c1-11(18,12(15,16)7-19-5-4-17)9-6-8(13)2-3-10(9)14/h2-3,6H,5,7,18H2,1H3/t11-/m1/s1. The fourth-order valence-corrected chi connectivity index (χ4v) is 1.83. The van der Waals surface area contributed by atoms with Crippen LogP contribution in [-0.4, -0.2) is 19.1 Å². The Hall–Kier alpha value is -1.10. The molecule has 0 saturated heterocycles. The van der Waals surface area contributed by atoms with E-state index in [9.17, 15) is 13.2 Å². The van der Waals surface area contributed by atoms with Crippen molar-refractivity contribution in [3.63, 3.8) is 0 Å². The van der Waals surface area contributed by atoms with E-state index in [-0.39, 0.29) is 5.56 Å². The molecule has 104 valence electrons. The summed E-state index contributed by atoms with van der Waals surface area (Å²) < 4.78 is 46.6. The maximum absolute atomic E-state index is 14.0. The lowest BCUT2D eigenvalue weighted by atomic mass is 9.86. The fourth-order valence-electron chi connectivity index (χ4n) is 1.47. The Morgan fingerprint density at radius 2 is 2.11 bits per heavy atom. The van der Waals surface area contributed by atoms with Crippen molar-refractivity contribution in [1.29, 1.82) is 5.26 Å². The first kappa shape index (κ1) is 16.0. The van der Waals surface area contributed by atoms with Crippen molar-refractivity contribution >= 4 is 15.9 Å². The topological polar surface area (TPSA) is 59.0 Å². The summed E-state index contributed by atoms with van der Waals surface area (Å²) in [4.78, 5) is 0. The van der Waals surface area contributed by atoms with Crippen LogP contribution < -0.4 is 5.73 Å². The van der Waals surface area contributed by atoms with Crippen molar-refractivity contribution < 1.29 is 17.9 Å². The highest BCUT2D eigenvalue weighted by atomic mass is 79.9. The van der Waals surface area contributed by atoms with Gasteiger partial charge in [0.15, 0.2) is 0 Å². The Balaban J connectivity index is 3.07. The van der Waals surface area contributed by atoms with Crippen molar-refractivity contribution in [2.75, 3.05) is 13.2 Å². The van der Waals surface area contributed by atoms with Crippen molar-refractivity contribution in [3.8, 4) is 6.07 Å². The van der Waals surface area contributed by atoms with Crippen LogP contribution in [0.3, 0.4) is 0 Å². The molecule has 0 fully saturated rings. The number of hydrogen-bond donors (Lipinski definition) is 1. The van der Waals surface area contributed by atoms with Gasteiger partial charge in [-0.15, -0.1) is 0 Å². The third kappa shape index (κ3) is 3.47. The molecule has 0 aromatic heterocycles. The lowest BCUT2D eigenvalue weighted by Gasteiger charge is -2.34. The lowest BCUT2D eigenvalue weighted by Crippen LogP contribution is -2.53. The molecule has 0 amide bonds. The van der Waals surface area contributed by atoms with E-state index in [0.29, 0.717) is 4.47 Å². The maximum Gasteiger partial charge on any atom is 0.292 e. The maximum atomic E-state index is 14.0. The minimum absolute atomic E-state index is 0.326. The number of hydrogen-bond acceptors (Lipinski definition) is 3. The molecule has 0 aliphatic heterocycles. The summed E-state index contributed by atoms with van der Waals surface area (Å²) in [6.45, 7) is -0.514. The smallest absolute Gasteiger partial charge is 0.292 e. The van der Waals surface area contributed by atoms with Crippen molar-refractivity contribution in [2.24, 2.45) is 5.73 Å². The molecule has 2 N–H and O–H groups in total. The summed E-state index contributed by atoms with van der Waals surface area (Å²) in [7, 11) is 0. The first-order chi connectivity index (χ1) is 8.72. The van der Waals surface area contributed by atoms with Crippen molar-refractivity contribution in [1.82, 2.24) is 0 Å². The molecule has 0 unspecified atom stereocenters. The lowest BCUT2D eigenvalue weighted by molar-refractivity contribution is -0.123. The number of halogens is 4. The Bertz CT molecular complexity index is 500. The predicted octanol–water partition coefficient (Wildman–Crippen LogP) is 2.94. The van der Waals surface area contributed by atoms with E-state index in [4.69, 9.17) is 11.0 Å². The van der Waals surface area contributed by atoms with Crippen molar-refractivity contribution in [2.45, 2.75) is 18.4 Å². The van der Waals surface area contributed by atoms with Crippen LogP contribution in [0.5, 0.6) is 0 Å². The Morgan fingerprint density at radius 1 is 1.47 bits per heavy atom. The van der Waals surface area contributed by atoms with Crippen LogP contribution in [0, 0.1) is 17.1 Å². The molecule has 1 atom stereocenters. The van der Waals surface area contributed by atoms with Gasteiger partial charge in [-0.05, 0) is 25.1 Å². The second kappa shape index (κ2) is 5.90. The molecular formula is C12H12BrF3N2O.